The van der Waals surface area contributed by atoms with Crippen LogP contribution >= 0.6 is 0 Å². The normalized spacial score (nSPS) is 15.1. The quantitative estimate of drug-likeness (QED) is 0.370. The van der Waals surface area contributed by atoms with Gasteiger partial charge in [-0.2, -0.15) is 48.3 Å². The fraction of sp³-hybridized carbons (Fsp3) is 0.562. The Morgan fingerprint density at radius 1 is 0.867 bits per heavy atom. The summed E-state index contributed by atoms with van der Waals surface area (Å²) in [6.07, 6.45) is -11.8. The van der Waals surface area contributed by atoms with Gasteiger partial charge in [-0.25, -0.2) is 4.79 Å². The fourth-order valence-corrected chi connectivity index (χ4v) is 2.29. The third kappa shape index (κ3) is 4.32. The number of rotatable bonds is 8. The molecule has 0 bridgehead atoms. The Kier molecular flexibility index (Phi) is 7.08. The van der Waals surface area contributed by atoms with E-state index < -0.39 is 53.9 Å². The Hall–Kier alpha value is -2.12. The molecule has 1 aromatic carbocycles. The van der Waals surface area contributed by atoms with E-state index in [2.05, 4.69) is 9.47 Å². The van der Waals surface area contributed by atoms with Gasteiger partial charge in [0.15, 0.2) is 0 Å². The number of esters is 1. The highest BCUT2D eigenvalue weighted by atomic mass is 19.4. The molecule has 0 saturated heterocycles. The molecular weight excluding hydrogens is 449 g/mol. The van der Waals surface area contributed by atoms with Crippen LogP contribution < -0.4 is 0 Å². The van der Waals surface area contributed by atoms with Gasteiger partial charge in [0.05, 0.1) is 18.8 Å². The van der Waals surface area contributed by atoms with Crippen LogP contribution in [0.1, 0.15) is 28.4 Å². The van der Waals surface area contributed by atoms with E-state index in [1.807, 2.05) is 0 Å². The Morgan fingerprint density at radius 2 is 1.40 bits per heavy atom. The molecule has 0 aliphatic carbocycles. The van der Waals surface area contributed by atoms with Crippen LogP contribution in [0.25, 0.3) is 0 Å². The summed E-state index contributed by atoms with van der Waals surface area (Å²) in [4.78, 5) is 11.4. The second-order valence-corrected chi connectivity index (χ2v) is 5.97. The second kappa shape index (κ2) is 8.19. The monoisotopic (exact) mass is 462 g/mol. The first-order chi connectivity index (χ1) is 13.4. The molecule has 0 saturated carbocycles. The average Bonchev–Trinajstić information content (AvgIpc) is 2.64. The first-order valence-electron chi connectivity index (χ1n) is 7.66. The third-order valence-corrected chi connectivity index (χ3v) is 4.01. The van der Waals surface area contributed by atoms with E-state index in [0.717, 1.165) is 31.4 Å². The summed E-state index contributed by atoms with van der Waals surface area (Å²) in [5.74, 6) is -29.2. The van der Waals surface area contributed by atoms with Crippen LogP contribution in [0.5, 0.6) is 0 Å². The molecule has 1 unspecified atom stereocenters. The minimum Gasteiger partial charge on any atom is -0.465 e. The molecule has 0 heterocycles. The molecule has 0 amide bonds. The van der Waals surface area contributed by atoms with Crippen molar-refractivity contribution in [3.63, 3.8) is 0 Å². The highest BCUT2D eigenvalue weighted by Crippen LogP contribution is 2.58. The van der Waals surface area contributed by atoms with Crippen molar-refractivity contribution < 1.29 is 62.6 Å². The number of benzene rings is 1. The number of ether oxygens (including phenoxy) is 2. The van der Waals surface area contributed by atoms with Crippen LogP contribution in [0, 0.1) is 0 Å². The molecule has 0 aromatic heterocycles. The molecule has 3 nitrogen and oxygen atoms in total. The largest absolute Gasteiger partial charge is 0.465 e. The summed E-state index contributed by atoms with van der Waals surface area (Å²) in [6, 6.07) is 3.90. The van der Waals surface area contributed by atoms with Crippen LogP contribution in [0.15, 0.2) is 24.3 Å². The van der Waals surface area contributed by atoms with Gasteiger partial charge in [0.25, 0.3) is 0 Å². The van der Waals surface area contributed by atoms with Gasteiger partial charge in [-0.1, -0.05) is 12.1 Å². The smallest absolute Gasteiger partial charge is 0.460 e. The Balaban J connectivity index is 3.34. The molecule has 1 aromatic rings. The lowest BCUT2D eigenvalue weighted by Crippen LogP contribution is -2.66. The van der Waals surface area contributed by atoms with Crippen LogP contribution in [0.4, 0.5) is 48.3 Å². The zero-order valence-electron chi connectivity index (χ0n) is 15.0. The van der Waals surface area contributed by atoms with Gasteiger partial charge in [0.2, 0.25) is 0 Å². The molecular formula is C16H13F11O3. The number of methoxy groups -OCH3 is 2. The van der Waals surface area contributed by atoms with Crippen molar-refractivity contribution in [2.75, 3.05) is 14.2 Å². The lowest BCUT2D eigenvalue weighted by atomic mass is 9.92. The minimum atomic E-state index is -7.49. The van der Waals surface area contributed by atoms with Crippen molar-refractivity contribution in [1.82, 2.24) is 0 Å². The summed E-state index contributed by atoms with van der Waals surface area (Å²) < 4.78 is 153. The summed E-state index contributed by atoms with van der Waals surface area (Å²) >= 11 is 0. The van der Waals surface area contributed by atoms with Gasteiger partial charge in [-0.3, -0.25) is 0 Å². The van der Waals surface area contributed by atoms with Crippen LogP contribution in [-0.2, 0) is 9.47 Å². The maximum Gasteiger partial charge on any atom is 0.460 e. The van der Waals surface area contributed by atoms with Gasteiger partial charge >= 0.3 is 35.8 Å². The van der Waals surface area contributed by atoms with Gasteiger partial charge < -0.3 is 9.47 Å². The molecule has 0 radical (unpaired) electrons. The number of halogens is 11. The standard InChI is InChI=1S/C16H13F11O3/c1-29-10(8-4-3-5-9(6-8)11(28)30-2)7-12(17,18)13(19,20)14(21,22)15(23,24)16(25,26)27/h3-6,10H,7H2,1-2H3. The average molecular weight is 462 g/mol. The number of carbonyl (C=O) groups excluding carboxylic acids is 1. The van der Waals surface area contributed by atoms with Gasteiger partial charge in [-0.15, -0.1) is 0 Å². The molecule has 30 heavy (non-hydrogen) atoms. The topological polar surface area (TPSA) is 35.5 Å². The van der Waals surface area contributed by atoms with E-state index in [-0.39, 0.29) is 5.56 Å². The van der Waals surface area contributed by atoms with Crippen molar-refractivity contribution in [2.24, 2.45) is 0 Å². The number of hydrogen-bond donors (Lipinski definition) is 0. The number of alkyl halides is 11. The van der Waals surface area contributed by atoms with E-state index in [0.29, 0.717) is 7.11 Å². The van der Waals surface area contributed by atoms with Crippen molar-refractivity contribution in [3.8, 4) is 0 Å². The van der Waals surface area contributed by atoms with E-state index in [9.17, 15) is 53.1 Å². The molecule has 172 valence electrons. The van der Waals surface area contributed by atoms with Crippen molar-refractivity contribution in [2.45, 2.75) is 42.4 Å². The lowest BCUT2D eigenvalue weighted by Gasteiger charge is -2.38. The molecule has 1 atom stereocenters. The van der Waals surface area contributed by atoms with Gasteiger partial charge in [0.1, 0.15) is 0 Å². The highest BCUT2D eigenvalue weighted by molar-refractivity contribution is 5.89. The third-order valence-electron chi connectivity index (χ3n) is 4.01. The van der Waals surface area contributed by atoms with E-state index >= 15 is 0 Å². The Labute approximate surface area is 161 Å². The fourth-order valence-electron chi connectivity index (χ4n) is 2.29. The maximum atomic E-state index is 14.0. The molecule has 0 spiro atoms. The summed E-state index contributed by atoms with van der Waals surface area (Å²) in [5.41, 5.74) is -0.747. The highest BCUT2D eigenvalue weighted by Gasteiger charge is 2.87. The molecule has 0 aliphatic rings. The maximum absolute atomic E-state index is 14.0. The predicted molar refractivity (Wildman–Crippen MR) is 78.0 cm³/mol. The molecule has 0 aliphatic heterocycles. The zero-order valence-corrected chi connectivity index (χ0v) is 15.0. The van der Waals surface area contributed by atoms with Crippen LogP contribution in [0.3, 0.4) is 0 Å². The van der Waals surface area contributed by atoms with Gasteiger partial charge in [-0.05, 0) is 17.7 Å². The molecule has 14 heteroatoms. The van der Waals surface area contributed by atoms with E-state index in [1.54, 1.807) is 0 Å². The summed E-state index contributed by atoms with van der Waals surface area (Å²) in [7, 11) is 1.60. The molecule has 0 fully saturated rings. The first-order valence-corrected chi connectivity index (χ1v) is 7.66. The van der Waals surface area contributed by atoms with Crippen molar-refractivity contribution >= 4 is 5.97 Å². The van der Waals surface area contributed by atoms with Crippen molar-refractivity contribution in [1.29, 1.82) is 0 Å². The van der Waals surface area contributed by atoms with E-state index in [1.165, 1.54) is 0 Å². The predicted octanol–water partition coefficient (Wildman–Crippen LogP) is 5.65. The number of carbonyl (C=O) groups is 1. The van der Waals surface area contributed by atoms with Crippen LogP contribution in [-0.4, -0.2) is 50.1 Å². The lowest BCUT2D eigenvalue weighted by molar-refractivity contribution is -0.423. The minimum absolute atomic E-state index is 0.291. The summed E-state index contributed by atoms with van der Waals surface area (Å²) in [6.45, 7) is 0. The van der Waals surface area contributed by atoms with E-state index in [4.69, 9.17) is 0 Å². The first kappa shape index (κ1) is 25.9. The molecule has 1 rings (SSSR count). The Morgan fingerprint density at radius 3 is 1.83 bits per heavy atom. The van der Waals surface area contributed by atoms with Crippen molar-refractivity contribution in [3.05, 3.63) is 35.4 Å². The second-order valence-electron chi connectivity index (χ2n) is 5.97. The zero-order chi connectivity index (χ0) is 23.8. The van der Waals surface area contributed by atoms with Gasteiger partial charge in [0, 0.05) is 13.5 Å². The SMILES string of the molecule is COC(=O)c1cccc(C(CC(F)(F)C(F)(F)C(F)(F)C(F)(F)C(F)(F)F)OC)c1. The Bertz CT molecular complexity index is 759. The van der Waals surface area contributed by atoms with Crippen LogP contribution in [0.2, 0.25) is 0 Å². The number of hydrogen-bond acceptors (Lipinski definition) is 3. The molecule has 0 N–H and O–H groups in total. The summed E-state index contributed by atoms with van der Waals surface area (Å²) in [5, 5.41) is 0.